The number of hydrogen-bond acceptors (Lipinski definition) is 1. The number of benzene rings is 1. The summed E-state index contributed by atoms with van der Waals surface area (Å²) in [7, 11) is 0. The molecule has 0 amide bonds. The summed E-state index contributed by atoms with van der Waals surface area (Å²) < 4.78 is 26.9. The minimum Gasteiger partial charge on any atom is -0.310 e. The van der Waals surface area contributed by atoms with Gasteiger partial charge in [0, 0.05) is 17.7 Å². The molecule has 1 N–H and O–H groups in total. The van der Waals surface area contributed by atoms with Crippen LogP contribution in [0.25, 0.3) is 0 Å². The normalized spacial score (nSPS) is 25.3. The number of rotatable bonds is 4. The van der Waals surface area contributed by atoms with Crippen LogP contribution in [0.4, 0.5) is 8.78 Å². The quantitative estimate of drug-likeness (QED) is 0.853. The van der Waals surface area contributed by atoms with Gasteiger partial charge in [0.15, 0.2) is 0 Å². The van der Waals surface area contributed by atoms with Crippen LogP contribution in [0.1, 0.15) is 44.7 Å². The van der Waals surface area contributed by atoms with Crippen molar-refractivity contribution in [3.63, 3.8) is 0 Å². The Labute approximate surface area is 108 Å². The zero-order chi connectivity index (χ0) is 13.1. The van der Waals surface area contributed by atoms with Crippen molar-refractivity contribution in [2.24, 2.45) is 11.8 Å². The Morgan fingerprint density at radius 1 is 1.33 bits per heavy atom. The highest BCUT2D eigenvalue weighted by Crippen LogP contribution is 2.39. The minimum absolute atomic E-state index is 0.0144. The monoisotopic (exact) mass is 253 g/mol. The van der Waals surface area contributed by atoms with Crippen LogP contribution in [0, 0.1) is 23.5 Å². The third kappa shape index (κ3) is 2.89. The van der Waals surface area contributed by atoms with E-state index in [1.54, 1.807) is 6.07 Å². The van der Waals surface area contributed by atoms with E-state index in [-0.39, 0.29) is 6.04 Å². The highest BCUT2D eigenvalue weighted by atomic mass is 19.1. The maximum Gasteiger partial charge on any atom is 0.130 e. The average Bonchev–Trinajstić information content (AvgIpc) is 2.73. The first-order valence-electron chi connectivity index (χ1n) is 6.80. The van der Waals surface area contributed by atoms with E-state index in [2.05, 4.69) is 12.2 Å². The second-order valence-corrected chi connectivity index (χ2v) is 5.38. The zero-order valence-electron chi connectivity index (χ0n) is 11.0. The van der Waals surface area contributed by atoms with Crippen molar-refractivity contribution in [3.05, 3.63) is 35.4 Å². The van der Waals surface area contributed by atoms with Crippen LogP contribution in [-0.2, 0) is 0 Å². The van der Waals surface area contributed by atoms with E-state index < -0.39 is 11.6 Å². The first-order valence-corrected chi connectivity index (χ1v) is 6.80. The van der Waals surface area contributed by atoms with Gasteiger partial charge in [0.1, 0.15) is 11.6 Å². The molecule has 0 heterocycles. The van der Waals surface area contributed by atoms with Crippen LogP contribution >= 0.6 is 0 Å². The highest BCUT2D eigenvalue weighted by molar-refractivity contribution is 5.23. The van der Waals surface area contributed by atoms with Gasteiger partial charge in [-0.1, -0.05) is 26.3 Å². The molecule has 1 aliphatic carbocycles. The molecule has 0 saturated heterocycles. The summed E-state index contributed by atoms with van der Waals surface area (Å²) in [5.74, 6) is 0.228. The fourth-order valence-electron chi connectivity index (χ4n) is 3.06. The average molecular weight is 253 g/mol. The van der Waals surface area contributed by atoms with Gasteiger partial charge in [0.05, 0.1) is 0 Å². The summed E-state index contributed by atoms with van der Waals surface area (Å²) in [6, 6.07) is 3.93. The Morgan fingerprint density at radius 2 is 2.11 bits per heavy atom. The van der Waals surface area contributed by atoms with Crippen molar-refractivity contribution in [3.8, 4) is 0 Å². The van der Waals surface area contributed by atoms with Crippen LogP contribution in [0.2, 0.25) is 0 Å². The number of halogens is 2. The molecule has 3 unspecified atom stereocenters. The van der Waals surface area contributed by atoms with Crippen molar-refractivity contribution in [2.75, 3.05) is 6.54 Å². The minimum atomic E-state index is -0.508. The molecule has 3 atom stereocenters. The largest absolute Gasteiger partial charge is 0.310 e. The van der Waals surface area contributed by atoms with Crippen LogP contribution in [-0.4, -0.2) is 6.54 Å². The van der Waals surface area contributed by atoms with Gasteiger partial charge >= 0.3 is 0 Å². The molecule has 1 fully saturated rings. The Kier molecular flexibility index (Phi) is 4.33. The van der Waals surface area contributed by atoms with E-state index in [4.69, 9.17) is 0 Å². The maximum atomic E-state index is 13.9. The SMILES string of the molecule is CCNC(c1ccc(F)cc1F)C1CCC(C)C1. The van der Waals surface area contributed by atoms with Gasteiger partial charge in [0.2, 0.25) is 0 Å². The zero-order valence-corrected chi connectivity index (χ0v) is 11.0. The Balaban J connectivity index is 2.23. The molecule has 18 heavy (non-hydrogen) atoms. The molecule has 2 rings (SSSR count). The van der Waals surface area contributed by atoms with Crippen molar-refractivity contribution < 1.29 is 8.78 Å². The molecule has 0 radical (unpaired) electrons. The third-order valence-electron chi connectivity index (χ3n) is 3.93. The summed E-state index contributed by atoms with van der Waals surface area (Å²) in [5.41, 5.74) is 0.609. The topological polar surface area (TPSA) is 12.0 Å². The van der Waals surface area contributed by atoms with E-state index in [0.29, 0.717) is 17.4 Å². The van der Waals surface area contributed by atoms with Crippen molar-refractivity contribution in [1.82, 2.24) is 5.32 Å². The summed E-state index contributed by atoms with van der Waals surface area (Å²) in [4.78, 5) is 0. The molecule has 1 aromatic carbocycles. The summed E-state index contributed by atoms with van der Waals surface area (Å²) >= 11 is 0. The predicted molar refractivity (Wildman–Crippen MR) is 69.3 cm³/mol. The molecule has 0 aromatic heterocycles. The van der Waals surface area contributed by atoms with Crippen LogP contribution in [0.5, 0.6) is 0 Å². The lowest BCUT2D eigenvalue weighted by Gasteiger charge is -2.25. The molecular formula is C15H21F2N. The second-order valence-electron chi connectivity index (χ2n) is 5.38. The van der Waals surface area contributed by atoms with Gasteiger partial charge in [-0.15, -0.1) is 0 Å². The molecule has 100 valence electrons. The molecule has 3 heteroatoms. The van der Waals surface area contributed by atoms with E-state index in [1.807, 2.05) is 6.92 Å². The van der Waals surface area contributed by atoms with Crippen LogP contribution in [0.15, 0.2) is 18.2 Å². The molecule has 1 nitrogen and oxygen atoms in total. The van der Waals surface area contributed by atoms with Crippen LogP contribution in [0.3, 0.4) is 0 Å². The Bertz CT molecular complexity index is 405. The number of hydrogen-bond donors (Lipinski definition) is 1. The lowest BCUT2D eigenvalue weighted by molar-refractivity contribution is 0.354. The Morgan fingerprint density at radius 3 is 2.67 bits per heavy atom. The van der Waals surface area contributed by atoms with Crippen LogP contribution < -0.4 is 5.32 Å². The lowest BCUT2D eigenvalue weighted by Crippen LogP contribution is -2.28. The fourth-order valence-corrected chi connectivity index (χ4v) is 3.06. The molecule has 0 spiro atoms. The fraction of sp³-hybridized carbons (Fsp3) is 0.600. The maximum absolute atomic E-state index is 13.9. The molecule has 1 aromatic rings. The van der Waals surface area contributed by atoms with E-state index in [0.717, 1.165) is 25.5 Å². The van der Waals surface area contributed by atoms with Crippen molar-refractivity contribution in [1.29, 1.82) is 0 Å². The van der Waals surface area contributed by atoms with E-state index in [9.17, 15) is 8.78 Å². The van der Waals surface area contributed by atoms with E-state index in [1.165, 1.54) is 12.5 Å². The molecule has 1 saturated carbocycles. The highest BCUT2D eigenvalue weighted by Gasteiger charge is 2.30. The van der Waals surface area contributed by atoms with Gasteiger partial charge in [-0.2, -0.15) is 0 Å². The lowest BCUT2D eigenvalue weighted by atomic mass is 9.90. The number of nitrogens with one attached hydrogen (secondary N) is 1. The van der Waals surface area contributed by atoms with Gasteiger partial charge in [0.25, 0.3) is 0 Å². The van der Waals surface area contributed by atoms with Gasteiger partial charge in [-0.3, -0.25) is 0 Å². The Hall–Kier alpha value is -0.960. The summed E-state index contributed by atoms with van der Waals surface area (Å²) in [5, 5.41) is 3.36. The van der Waals surface area contributed by atoms with E-state index >= 15 is 0 Å². The first-order chi connectivity index (χ1) is 8.61. The van der Waals surface area contributed by atoms with Gasteiger partial charge in [-0.25, -0.2) is 8.78 Å². The first kappa shape index (κ1) is 13.5. The standard InChI is InChI=1S/C15H21F2N/c1-3-18-15(11-5-4-10(2)8-11)13-7-6-12(16)9-14(13)17/h6-7,9-11,15,18H,3-5,8H2,1-2H3. The van der Waals surface area contributed by atoms with Gasteiger partial charge in [-0.05, 0) is 37.3 Å². The predicted octanol–water partition coefficient (Wildman–Crippen LogP) is 4.05. The summed E-state index contributed by atoms with van der Waals surface area (Å²) in [6.07, 6.45) is 3.44. The van der Waals surface area contributed by atoms with Gasteiger partial charge < -0.3 is 5.32 Å². The second kappa shape index (κ2) is 5.79. The molecule has 0 aliphatic heterocycles. The molecule has 0 bridgehead atoms. The summed E-state index contributed by atoms with van der Waals surface area (Å²) in [6.45, 7) is 5.06. The third-order valence-corrected chi connectivity index (χ3v) is 3.93. The van der Waals surface area contributed by atoms with Crippen molar-refractivity contribution >= 4 is 0 Å². The molecular weight excluding hydrogens is 232 g/mol. The molecule has 1 aliphatic rings. The smallest absolute Gasteiger partial charge is 0.130 e. The van der Waals surface area contributed by atoms with Crippen molar-refractivity contribution in [2.45, 2.75) is 39.2 Å².